The van der Waals surface area contributed by atoms with Crippen molar-refractivity contribution in [1.82, 2.24) is 0 Å². The Morgan fingerprint density at radius 3 is 2.30 bits per heavy atom. The fraction of sp³-hybridized carbons (Fsp3) is 0.765. The van der Waals surface area contributed by atoms with Crippen molar-refractivity contribution in [2.45, 2.75) is 100 Å². The van der Waals surface area contributed by atoms with E-state index in [-0.39, 0.29) is 12.0 Å². The summed E-state index contributed by atoms with van der Waals surface area (Å²) in [6, 6.07) is 0. The van der Waals surface area contributed by atoms with Gasteiger partial charge in [-0.25, -0.2) is 9.59 Å². The highest BCUT2D eigenvalue weighted by atomic mass is 16.8. The molecule has 5 heterocycles. The van der Waals surface area contributed by atoms with E-state index in [9.17, 15) is 34.5 Å². The number of esters is 4. The molecule has 0 aromatic carbocycles. The van der Waals surface area contributed by atoms with Crippen molar-refractivity contribution < 1.29 is 77.1 Å². The molecule has 0 aromatic heterocycles. The van der Waals surface area contributed by atoms with Crippen LogP contribution < -0.4 is 0 Å². The lowest BCUT2D eigenvalue weighted by Crippen LogP contribution is -2.82. The molecule has 7 fully saturated rings. The van der Waals surface area contributed by atoms with Crippen LogP contribution in [-0.2, 0) is 61.8 Å². The Hall–Kier alpha value is -3.12. The topological polar surface area (TPSA) is 215 Å². The number of allylic oxidation sites excluding steroid dienone is 1. The number of aliphatic hydroxyl groups excluding tert-OH is 1. The van der Waals surface area contributed by atoms with Crippen molar-refractivity contribution in [3.63, 3.8) is 0 Å². The first-order chi connectivity index (χ1) is 23.5. The molecule has 1 spiro atoms. The summed E-state index contributed by atoms with van der Waals surface area (Å²) < 4.78 is 53.5. The van der Waals surface area contributed by atoms with E-state index in [2.05, 4.69) is 0 Å². The zero-order valence-electron chi connectivity index (χ0n) is 28.7. The number of aliphatic hydroxyl groups is 3. The molecule has 8 aliphatic rings. The lowest BCUT2D eigenvalue weighted by Gasteiger charge is -2.67. The standard InChI is InChI=1S/C34H42O16/c1-8-14(2)23(37)48-16-11-17(47-15(3)35)31(25(38)42-6)12-45-18-19(31)30(16)13-46-33(41,26(39)43-7)24(30)28(4,21(18)36)34-22-20(29(34,5)50-34)32(40)9-10-44-27(32)49-22/h8-10,16-22,24,27,36,40-41H,11-13H2,1-7H3/b14-8+/t16-,17+,18+,19+,20?,21+,22-,24-,27-,28+,29-,30-,31-,32-,33-,34-/m0/s1. The molecule has 0 radical (unpaired) electrons. The fourth-order valence-corrected chi connectivity index (χ4v) is 11.9. The van der Waals surface area contributed by atoms with E-state index < -0.39 is 130 Å². The first-order valence-corrected chi connectivity index (χ1v) is 16.7. The third kappa shape index (κ3) is 3.34. The van der Waals surface area contributed by atoms with Gasteiger partial charge in [-0.3, -0.25) is 9.59 Å². The summed E-state index contributed by atoms with van der Waals surface area (Å²) in [5.41, 5.74) is -9.36. The van der Waals surface area contributed by atoms with Crippen LogP contribution in [0.5, 0.6) is 0 Å². The number of epoxide rings is 1. The zero-order chi connectivity index (χ0) is 36.2. The van der Waals surface area contributed by atoms with Gasteiger partial charge in [-0.15, -0.1) is 0 Å². The molecule has 0 amide bonds. The molecule has 8 rings (SSSR count). The van der Waals surface area contributed by atoms with Crippen molar-refractivity contribution >= 4 is 23.9 Å². The molecule has 1 unspecified atom stereocenters. The highest BCUT2D eigenvalue weighted by Crippen LogP contribution is 2.85. The molecule has 16 atom stereocenters. The van der Waals surface area contributed by atoms with Crippen molar-refractivity contribution in [3.8, 4) is 0 Å². The summed E-state index contributed by atoms with van der Waals surface area (Å²) >= 11 is 0. The van der Waals surface area contributed by atoms with E-state index in [1.54, 1.807) is 33.8 Å². The highest BCUT2D eigenvalue weighted by molar-refractivity contribution is 5.88. The minimum atomic E-state index is -2.82. The maximum absolute atomic E-state index is 14.1. The van der Waals surface area contributed by atoms with Gasteiger partial charge in [0, 0.05) is 41.6 Å². The van der Waals surface area contributed by atoms with Crippen LogP contribution >= 0.6 is 0 Å². The van der Waals surface area contributed by atoms with Gasteiger partial charge in [0.1, 0.15) is 34.9 Å². The van der Waals surface area contributed by atoms with Gasteiger partial charge in [0.15, 0.2) is 5.60 Å². The predicted octanol–water partition coefficient (Wildman–Crippen LogP) is -0.593. The van der Waals surface area contributed by atoms with Crippen molar-refractivity contribution in [2.24, 2.45) is 34.0 Å². The van der Waals surface area contributed by atoms with Crippen LogP contribution in [0, 0.1) is 34.0 Å². The van der Waals surface area contributed by atoms with E-state index in [4.69, 9.17) is 42.6 Å². The molecule has 50 heavy (non-hydrogen) atoms. The smallest absolute Gasteiger partial charge is 0.366 e. The molecule has 0 aromatic rings. The Labute approximate surface area is 286 Å². The van der Waals surface area contributed by atoms with Gasteiger partial charge in [-0.2, -0.15) is 0 Å². The van der Waals surface area contributed by atoms with E-state index in [1.165, 1.54) is 19.3 Å². The number of hydrogen-bond acceptors (Lipinski definition) is 16. The molecule has 16 nitrogen and oxygen atoms in total. The summed E-state index contributed by atoms with van der Waals surface area (Å²) in [7, 11) is 2.22. The highest BCUT2D eigenvalue weighted by Gasteiger charge is 3.01. The molecule has 3 saturated carbocycles. The number of fused-ring (bicyclic) bond motifs is 6. The predicted molar refractivity (Wildman–Crippen MR) is 160 cm³/mol. The second kappa shape index (κ2) is 10.1. The number of carbonyl (C=O) groups is 4. The number of carbonyl (C=O) groups excluding carboxylic acids is 4. The van der Waals surface area contributed by atoms with Gasteiger partial charge in [-0.1, -0.05) is 13.0 Å². The molecule has 0 bridgehead atoms. The first-order valence-electron chi connectivity index (χ1n) is 16.7. The van der Waals surface area contributed by atoms with E-state index in [0.29, 0.717) is 0 Å². The molecule has 5 aliphatic heterocycles. The van der Waals surface area contributed by atoms with Crippen LogP contribution in [0.2, 0.25) is 0 Å². The lowest BCUT2D eigenvalue weighted by molar-refractivity contribution is -0.309. The Kier molecular flexibility index (Phi) is 6.83. The van der Waals surface area contributed by atoms with Crippen LogP contribution in [0.3, 0.4) is 0 Å². The van der Waals surface area contributed by atoms with E-state index >= 15 is 0 Å². The van der Waals surface area contributed by atoms with Gasteiger partial charge in [0.2, 0.25) is 6.29 Å². The largest absolute Gasteiger partial charge is 0.469 e. The first kappa shape index (κ1) is 34.0. The molecular weight excluding hydrogens is 664 g/mol. The maximum atomic E-state index is 14.1. The number of hydrogen-bond donors (Lipinski definition) is 3. The van der Waals surface area contributed by atoms with Gasteiger partial charge in [0.25, 0.3) is 5.79 Å². The summed E-state index contributed by atoms with van der Waals surface area (Å²) in [5.74, 6) is -9.82. The monoisotopic (exact) mass is 706 g/mol. The van der Waals surface area contributed by atoms with Crippen LogP contribution in [-0.4, -0.2) is 126 Å². The third-order valence-corrected chi connectivity index (χ3v) is 13.8. The number of ether oxygens (including phenoxy) is 9. The molecule has 4 saturated heterocycles. The number of methoxy groups -OCH3 is 2. The Morgan fingerprint density at radius 2 is 1.66 bits per heavy atom. The Morgan fingerprint density at radius 1 is 0.960 bits per heavy atom. The molecule has 274 valence electrons. The van der Waals surface area contributed by atoms with Crippen LogP contribution in [0.1, 0.15) is 41.0 Å². The third-order valence-electron chi connectivity index (χ3n) is 13.8. The van der Waals surface area contributed by atoms with Crippen molar-refractivity contribution in [3.05, 3.63) is 24.0 Å². The van der Waals surface area contributed by atoms with Crippen molar-refractivity contribution in [1.29, 1.82) is 0 Å². The van der Waals surface area contributed by atoms with Crippen LogP contribution in [0.15, 0.2) is 24.0 Å². The fourth-order valence-electron chi connectivity index (χ4n) is 11.9. The van der Waals surface area contributed by atoms with Gasteiger partial charge in [-0.05, 0) is 26.8 Å². The summed E-state index contributed by atoms with van der Waals surface area (Å²) in [4.78, 5) is 54.1. The van der Waals surface area contributed by atoms with Gasteiger partial charge >= 0.3 is 23.9 Å². The average Bonchev–Trinajstić information content (AvgIpc) is 3.58. The van der Waals surface area contributed by atoms with Crippen LogP contribution in [0.25, 0.3) is 0 Å². The molecule has 3 aliphatic carbocycles. The summed E-state index contributed by atoms with van der Waals surface area (Å²) in [6.07, 6.45) is -3.45. The minimum absolute atomic E-state index is 0.234. The van der Waals surface area contributed by atoms with E-state index in [1.807, 2.05) is 0 Å². The Bertz CT molecular complexity index is 1640. The normalized spacial score (nSPS) is 54.5. The van der Waals surface area contributed by atoms with Crippen molar-refractivity contribution in [2.75, 3.05) is 27.4 Å². The molecule has 3 N–H and O–H groups in total. The van der Waals surface area contributed by atoms with Gasteiger partial charge in [0.05, 0.1) is 51.8 Å². The number of rotatable bonds is 6. The summed E-state index contributed by atoms with van der Waals surface area (Å²) in [6.45, 7) is 6.82. The Balaban J connectivity index is 1.38. The molecule has 16 heteroatoms. The average molecular weight is 707 g/mol. The maximum Gasteiger partial charge on any atom is 0.366 e. The SMILES string of the molecule is C/C=C(\C)C(=O)O[C@H]1C[C@@H](OC(C)=O)[C@@]2(C(=O)OC)CO[C@H]3[C@@H](O)[C@@](C)([C@]45O[C@@]4(C)C4[C@@H]5O[C@@H]5OC=C[C@]45O)[C@H]4[C@]1(CO[C@]4(O)C(=O)OC)[C@@H]32. The zero-order valence-corrected chi connectivity index (χ0v) is 28.7. The van der Waals surface area contributed by atoms with Gasteiger partial charge < -0.3 is 58.0 Å². The van der Waals surface area contributed by atoms with E-state index in [0.717, 1.165) is 14.2 Å². The quantitative estimate of drug-likeness (QED) is 0.136. The summed E-state index contributed by atoms with van der Waals surface area (Å²) in [5, 5.41) is 37.1. The lowest BCUT2D eigenvalue weighted by atomic mass is 9.35. The second-order valence-corrected chi connectivity index (χ2v) is 15.4. The minimum Gasteiger partial charge on any atom is -0.469 e. The van der Waals surface area contributed by atoms with Crippen LogP contribution in [0.4, 0.5) is 0 Å². The second-order valence-electron chi connectivity index (χ2n) is 15.4. The molecular formula is C34H42O16.